The first-order valence-corrected chi connectivity index (χ1v) is 9.87. The quantitative estimate of drug-likeness (QED) is 0.484. The Morgan fingerprint density at radius 3 is 2.81 bits per heavy atom. The number of fused-ring (bicyclic) bond motifs is 2. The van der Waals surface area contributed by atoms with Crippen molar-refractivity contribution in [1.82, 2.24) is 4.98 Å². The second-order valence-corrected chi connectivity index (χ2v) is 7.78. The Bertz CT molecular complexity index is 1090. The maximum atomic E-state index is 12.3. The summed E-state index contributed by atoms with van der Waals surface area (Å²) >= 11 is 2.97. The summed E-state index contributed by atoms with van der Waals surface area (Å²) in [6.45, 7) is 0. The lowest BCUT2D eigenvalue weighted by atomic mass is 10.1. The third kappa shape index (κ3) is 3.66. The largest absolute Gasteiger partial charge is 0.497 e. The van der Waals surface area contributed by atoms with Gasteiger partial charge in [0.25, 0.3) is 0 Å². The molecule has 0 atom stereocenters. The number of benzene rings is 3. The number of hydrogen-bond donors (Lipinski definition) is 1. The lowest BCUT2D eigenvalue weighted by Gasteiger charge is -2.04. The fourth-order valence-electron chi connectivity index (χ4n) is 2.65. The first-order valence-electron chi connectivity index (χ1n) is 8.07. The fourth-order valence-corrected chi connectivity index (χ4v) is 4.30. The van der Waals surface area contributed by atoms with Crippen LogP contribution in [-0.4, -0.2) is 23.8 Å². The molecule has 0 radical (unpaired) electrons. The molecule has 0 fully saturated rings. The van der Waals surface area contributed by atoms with Gasteiger partial charge in [-0.15, -0.1) is 11.8 Å². The summed E-state index contributed by atoms with van der Waals surface area (Å²) in [5.41, 5.74) is 0.855. The van der Waals surface area contributed by atoms with Crippen LogP contribution in [-0.2, 0) is 4.79 Å². The molecular weight excluding hydrogens is 364 g/mol. The minimum absolute atomic E-state index is 0.0609. The van der Waals surface area contributed by atoms with Crippen molar-refractivity contribution >= 4 is 55.1 Å². The second kappa shape index (κ2) is 7.35. The van der Waals surface area contributed by atoms with Gasteiger partial charge in [0.1, 0.15) is 5.75 Å². The summed E-state index contributed by atoms with van der Waals surface area (Å²) in [5, 5.41) is 5.87. The second-order valence-electron chi connectivity index (χ2n) is 5.70. The van der Waals surface area contributed by atoms with Crippen LogP contribution in [0.25, 0.3) is 21.0 Å². The van der Waals surface area contributed by atoms with E-state index in [1.54, 1.807) is 7.11 Å². The van der Waals surface area contributed by atoms with Gasteiger partial charge in [0.2, 0.25) is 5.91 Å². The molecule has 6 heteroatoms. The monoisotopic (exact) mass is 380 g/mol. The molecule has 0 saturated carbocycles. The van der Waals surface area contributed by atoms with Crippen molar-refractivity contribution in [3.05, 3.63) is 60.7 Å². The Balaban J connectivity index is 1.41. The highest BCUT2D eigenvalue weighted by Crippen LogP contribution is 2.29. The summed E-state index contributed by atoms with van der Waals surface area (Å²) < 4.78 is 6.21. The zero-order valence-electron chi connectivity index (χ0n) is 14.1. The van der Waals surface area contributed by atoms with E-state index >= 15 is 0 Å². The van der Waals surface area contributed by atoms with Gasteiger partial charge in [-0.1, -0.05) is 41.7 Å². The van der Waals surface area contributed by atoms with Crippen LogP contribution < -0.4 is 10.1 Å². The number of aromatic nitrogens is 1. The lowest BCUT2D eigenvalue weighted by Crippen LogP contribution is -2.13. The summed E-state index contributed by atoms with van der Waals surface area (Å²) in [7, 11) is 1.63. The Morgan fingerprint density at radius 2 is 1.96 bits per heavy atom. The Morgan fingerprint density at radius 1 is 1.12 bits per heavy atom. The lowest BCUT2D eigenvalue weighted by molar-refractivity contribution is -0.113. The van der Waals surface area contributed by atoms with Crippen molar-refractivity contribution < 1.29 is 9.53 Å². The van der Waals surface area contributed by atoms with Gasteiger partial charge in [-0.25, -0.2) is 4.98 Å². The van der Waals surface area contributed by atoms with E-state index < -0.39 is 0 Å². The van der Waals surface area contributed by atoms with Crippen molar-refractivity contribution in [3.8, 4) is 5.75 Å². The molecule has 4 rings (SSSR count). The van der Waals surface area contributed by atoms with Gasteiger partial charge < -0.3 is 10.1 Å². The van der Waals surface area contributed by atoms with E-state index in [1.807, 2.05) is 36.4 Å². The summed E-state index contributed by atoms with van der Waals surface area (Å²) in [6, 6.07) is 20.1. The van der Waals surface area contributed by atoms with Crippen molar-refractivity contribution in [2.75, 3.05) is 18.2 Å². The van der Waals surface area contributed by atoms with Crippen LogP contribution in [0.4, 0.5) is 5.13 Å². The van der Waals surface area contributed by atoms with Gasteiger partial charge in [0, 0.05) is 4.90 Å². The van der Waals surface area contributed by atoms with Crippen LogP contribution in [0.5, 0.6) is 5.75 Å². The van der Waals surface area contributed by atoms with E-state index in [0.717, 1.165) is 20.9 Å². The van der Waals surface area contributed by atoms with Gasteiger partial charge in [0.05, 0.1) is 23.1 Å². The number of amides is 1. The Kier molecular flexibility index (Phi) is 4.77. The van der Waals surface area contributed by atoms with Crippen LogP contribution in [0.2, 0.25) is 0 Å². The maximum absolute atomic E-state index is 12.3. The molecule has 0 unspecified atom stereocenters. The van der Waals surface area contributed by atoms with Gasteiger partial charge in [-0.05, 0) is 41.1 Å². The number of ether oxygens (including phenoxy) is 1. The molecule has 0 aliphatic carbocycles. The van der Waals surface area contributed by atoms with Crippen molar-refractivity contribution in [3.63, 3.8) is 0 Å². The normalized spacial score (nSPS) is 11.0. The number of methoxy groups -OCH3 is 1. The van der Waals surface area contributed by atoms with Gasteiger partial charge in [-0.3, -0.25) is 4.79 Å². The molecule has 3 aromatic carbocycles. The predicted molar refractivity (Wildman–Crippen MR) is 109 cm³/mol. The number of carbonyl (C=O) groups excluding carboxylic acids is 1. The summed E-state index contributed by atoms with van der Waals surface area (Å²) in [4.78, 5) is 17.8. The Hall–Kier alpha value is -2.57. The van der Waals surface area contributed by atoms with Crippen molar-refractivity contribution in [2.24, 2.45) is 0 Å². The third-order valence-corrected chi connectivity index (χ3v) is 5.86. The van der Waals surface area contributed by atoms with E-state index in [0.29, 0.717) is 10.9 Å². The molecule has 1 amide bonds. The predicted octanol–water partition coefficient (Wildman–Crippen LogP) is 5.19. The zero-order valence-corrected chi connectivity index (χ0v) is 15.7. The molecule has 130 valence electrons. The number of thioether (sulfide) groups is 1. The Labute approximate surface area is 159 Å². The highest BCUT2D eigenvalue weighted by molar-refractivity contribution is 8.00. The van der Waals surface area contributed by atoms with E-state index in [4.69, 9.17) is 4.74 Å². The van der Waals surface area contributed by atoms with Crippen LogP contribution in [0.15, 0.2) is 65.6 Å². The maximum Gasteiger partial charge on any atom is 0.236 e. The summed E-state index contributed by atoms with van der Waals surface area (Å²) in [6.07, 6.45) is 0. The van der Waals surface area contributed by atoms with Crippen molar-refractivity contribution in [1.29, 1.82) is 0 Å². The number of carbonyl (C=O) groups is 1. The minimum atomic E-state index is -0.0609. The molecule has 1 heterocycles. The molecule has 4 aromatic rings. The fraction of sp³-hybridized carbons (Fsp3) is 0.100. The SMILES string of the molecule is COc1ccc2nc(NC(=O)CSc3ccc4ccccc4c3)sc2c1. The number of thiazole rings is 1. The first-order chi connectivity index (χ1) is 12.7. The highest BCUT2D eigenvalue weighted by atomic mass is 32.2. The van der Waals surface area contributed by atoms with Gasteiger partial charge >= 0.3 is 0 Å². The van der Waals surface area contributed by atoms with Gasteiger partial charge in [-0.2, -0.15) is 0 Å². The minimum Gasteiger partial charge on any atom is -0.497 e. The molecule has 0 aliphatic heterocycles. The van der Waals surface area contributed by atoms with E-state index in [1.165, 1.54) is 33.9 Å². The molecule has 0 spiro atoms. The van der Waals surface area contributed by atoms with Crippen LogP contribution in [0.3, 0.4) is 0 Å². The van der Waals surface area contributed by atoms with Crippen LogP contribution >= 0.6 is 23.1 Å². The van der Waals surface area contributed by atoms with Gasteiger partial charge in [0.15, 0.2) is 5.13 Å². The molecule has 1 aromatic heterocycles. The smallest absolute Gasteiger partial charge is 0.236 e. The molecule has 1 N–H and O–H groups in total. The average molecular weight is 380 g/mol. The summed E-state index contributed by atoms with van der Waals surface area (Å²) in [5.74, 6) is 1.07. The van der Waals surface area contributed by atoms with Crippen molar-refractivity contribution in [2.45, 2.75) is 4.90 Å². The molecule has 26 heavy (non-hydrogen) atoms. The first kappa shape index (κ1) is 16.9. The molecule has 0 bridgehead atoms. The average Bonchev–Trinajstić information content (AvgIpc) is 3.07. The number of nitrogens with zero attached hydrogens (tertiary/aromatic N) is 1. The van der Waals surface area contributed by atoms with E-state index in [2.05, 4.69) is 34.6 Å². The number of hydrogen-bond acceptors (Lipinski definition) is 5. The number of anilines is 1. The topological polar surface area (TPSA) is 51.2 Å². The van der Waals surface area contributed by atoms with E-state index in [9.17, 15) is 4.79 Å². The molecule has 0 saturated heterocycles. The van der Waals surface area contributed by atoms with Crippen LogP contribution in [0, 0.1) is 0 Å². The van der Waals surface area contributed by atoms with Crippen LogP contribution in [0.1, 0.15) is 0 Å². The number of rotatable bonds is 5. The standard InChI is InChI=1S/C20H16N2O2S2/c1-24-15-7-9-17-18(11-15)26-20(21-17)22-19(23)12-25-16-8-6-13-4-2-3-5-14(13)10-16/h2-11H,12H2,1H3,(H,21,22,23). The zero-order chi connectivity index (χ0) is 17.9. The third-order valence-electron chi connectivity index (χ3n) is 3.93. The number of nitrogens with one attached hydrogen (secondary N) is 1. The highest BCUT2D eigenvalue weighted by Gasteiger charge is 2.09. The molecular formula is C20H16N2O2S2. The molecule has 0 aliphatic rings. The van der Waals surface area contributed by atoms with E-state index in [-0.39, 0.29) is 5.91 Å². The molecule has 4 nitrogen and oxygen atoms in total.